The summed E-state index contributed by atoms with van der Waals surface area (Å²) in [5.41, 5.74) is 40.3. The van der Waals surface area contributed by atoms with E-state index in [2.05, 4.69) is 89.4 Å². The number of carboxylic acids is 2. The highest BCUT2D eigenvalue weighted by Gasteiger charge is 2.41. The van der Waals surface area contributed by atoms with E-state index in [1.165, 1.54) is 6.92 Å². The summed E-state index contributed by atoms with van der Waals surface area (Å²) in [6, 6.07) is -5.05. The highest BCUT2D eigenvalue weighted by molar-refractivity contribution is 8.76. The molecule has 4 bridgehead atoms. The zero-order chi connectivity index (χ0) is 94.0. The number of carbonyl (C=O) groups is 16. The molecule has 0 unspecified atom stereocenters. The topological polar surface area (TPSA) is 742 Å². The van der Waals surface area contributed by atoms with Crippen molar-refractivity contribution in [3.63, 3.8) is 0 Å². The maximum absolute atomic E-state index is 15.3. The number of hydrogen-bond donors (Lipinski definition) is 25. The Morgan fingerprint density at radius 3 is 1.39 bits per heavy atom. The Bertz CT molecular complexity index is 4110. The number of fused-ring (bicyclic) bond motifs is 2. The van der Waals surface area contributed by atoms with Gasteiger partial charge >= 0.3 is 11.9 Å². The number of nitrogens with two attached hydrogens (primary N) is 7. The lowest BCUT2D eigenvalue weighted by Crippen LogP contribution is -2.62. The molecule has 2 aromatic rings. The van der Waals surface area contributed by atoms with Gasteiger partial charge in [0.2, 0.25) is 82.7 Å². The van der Waals surface area contributed by atoms with Crippen molar-refractivity contribution >= 4 is 134 Å². The number of nitrogens with one attached hydrogen (secondary N) is 14. The molecule has 0 spiro atoms. The number of aliphatic imine (C=N–C) groups is 3. The molecule has 0 aromatic heterocycles. The van der Waals surface area contributed by atoms with Gasteiger partial charge in [-0.2, -0.15) is 0 Å². The molecule has 46 heteroatoms. The molecule has 5 fully saturated rings. The van der Waals surface area contributed by atoms with Crippen molar-refractivity contribution in [3.8, 4) is 0 Å². The van der Waals surface area contributed by atoms with E-state index in [1.807, 2.05) is 0 Å². The molecule has 44 nitrogen and oxygen atoms in total. The quantitative estimate of drug-likeness (QED) is 0.0137. The predicted molar refractivity (Wildman–Crippen MR) is 473 cm³/mol. The summed E-state index contributed by atoms with van der Waals surface area (Å²) in [6.07, 6.45) is 1.25. The van der Waals surface area contributed by atoms with Crippen molar-refractivity contribution in [2.75, 3.05) is 44.4 Å². The zero-order valence-corrected chi connectivity index (χ0v) is 73.8. The first-order chi connectivity index (χ1) is 60.3. The Balaban J connectivity index is 1.65. The van der Waals surface area contributed by atoms with Crippen LogP contribution in [-0.4, -0.2) is 268 Å². The molecule has 7 rings (SSSR count). The van der Waals surface area contributed by atoms with E-state index >= 15 is 14.4 Å². The molecule has 2 aromatic carbocycles. The molecule has 3 heterocycles. The van der Waals surface area contributed by atoms with E-state index in [1.54, 1.807) is 88.4 Å². The van der Waals surface area contributed by atoms with Crippen LogP contribution in [0.25, 0.3) is 0 Å². The maximum Gasteiger partial charge on any atom is 0.326 e. The molecule has 14 amide bonds. The second-order valence-corrected chi connectivity index (χ2v) is 34.4. The number of aliphatic hydroxyl groups is 2. The van der Waals surface area contributed by atoms with Gasteiger partial charge in [-0.1, -0.05) is 123 Å². The number of benzene rings is 2. The van der Waals surface area contributed by atoms with E-state index in [-0.39, 0.29) is 114 Å². The Kier molecular flexibility index (Phi) is 45.9. The number of carbonyl (C=O) groups excluding carboxylic acids is 14. The molecule has 5 aliphatic rings. The van der Waals surface area contributed by atoms with Gasteiger partial charge in [-0.25, -0.2) is 4.79 Å². The molecule has 0 radical (unpaired) electrons. The number of amides is 14. The summed E-state index contributed by atoms with van der Waals surface area (Å²) in [6.45, 7) is 5.64. The Morgan fingerprint density at radius 2 is 0.906 bits per heavy atom. The maximum atomic E-state index is 15.3. The molecule has 2 saturated carbocycles. The summed E-state index contributed by atoms with van der Waals surface area (Å²) >= 11 is 0. The summed E-state index contributed by atoms with van der Waals surface area (Å²) in [4.78, 5) is 241. The third kappa shape index (κ3) is 37.4. The Hall–Kier alpha value is -11.6. The number of aliphatic carboxylic acids is 2. The average molecular weight is 1820 g/mol. The van der Waals surface area contributed by atoms with Gasteiger partial charge in [-0.15, -0.1) is 0 Å². The second-order valence-electron chi connectivity index (χ2n) is 31.8. The van der Waals surface area contributed by atoms with Crippen LogP contribution in [-0.2, 0) is 89.6 Å². The largest absolute Gasteiger partial charge is 0.481 e. The summed E-state index contributed by atoms with van der Waals surface area (Å²) in [5, 5.41) is 77.6. The van der Waals surface area contributed by atoms with Gasteiger partial charge in [0.1, 0.15) is 78.5 Å². The van der Waals surface area contributed by atoms with Crippen LogP contribution in [0.2, 0.25) is 0 Å². The van der Waals surface area contributed by atoms with Crippen LogP contribution in [0.15, 0.2) is 75.6 Å². The number of rotatable bonds is 33. The lowest BCUT2D eigenvalue weighted by molar-refractivity contribution is -0.142. The monoisotopic (exact) mass is 1820 g/mol. The molecule has 32 N–H and O–H groups in total. The van der Waals surface area contributed by atoms with Crippen molar-refractivity contribution in [1.29, 1.82) is 0 Å². The summed E-state index contributed by atoms with van der Waals surface area (Å²) < 4.78 is 0. The van der Waals surface area contributed by atoms with Crippen LogP contribution >= 0.6 is 21.6 Å². The van der Waals surface area contributed by atoms with Crippen LogP contribution < -0.4 is 115 Å². The van der Waals surface area contributed by atoms with Gasteiger partial charge in [-0.3, -0.25) is 86.9 Å². The fourth-order valence-corrected chi connectivity index (χ4v) is 16.4. The van der Waals surface area contributed by atoms with Gasteiger partial charge in [-0.05, 0) is 120 Å². The number of nitrogens with zero attached hydrogens (tertiary/aromatic N) is 3. The number of guanidine groups is 3. The van der Waals surface area contributed by atoms with Crippen molar-refractivity contribution in [2.24, 2.45) is 78.8 Å². The fraction of sp³-hybridized carbons (Fsp3) is 0.617. The minimum absolute atomic E-state index is 0.0245. The molecular weight excluding hydrogens is 1690 g/mol. The minimum Gasteiger partial charge on any atom is -0.481 e. The first-order valence-electron chi connectivity index (χ1n) is 42.5. The molecule has 3 aliphatic heterocycles. The molecular formula is C81H128N24O20S2. The SMILES string of the molecule is CC[C@H](C)[C@@H]1NC(=O)[C@@H](CCCN=C(N)N)NC(=O)C2CCC(CC2)NC(=O)C2CCC(CC2)NC(=O)[C@@H](Cc2ccccc2)NC(=O)[C@H](C)NC(=O)[C@H](NC(=O)[C@H](CO)NC(=O)[C@@H](N)CO)CSSC[C@H](C(=O)N[C@H](Cc2ccccc2)C(=O)N[C@H](CCCN=C(N)N)C(=O)O)NC(=O)[C@@H]([C@@H](C)CC)NC(=O)[C@H](CCCN=C(N)N)NC(=O)[C@@H](CC(=O)O)NC1=O. The second kappa shape index (κ2) is 55.1. The lowest BCUT2D eigenvalue weighted by Gasteiger charge is -2.33. The first kappa shape index (κ1) is 106. The molecule has 15 atom stereocenters. The summed E-state index contributed by atoms with van der Waals surface area (Å²) in [7, 11) is 1.54. The first-order valence-corrected chi connectivity index (χ1v) is 45.0. The highest BCUT2D eigenvalue weighted by Crippen LogP contribution is 2.30. The molecule has 3 saturated heterocycles. The third-order valence-corrected chi connectivity index (χ3v) is 24.4. The standard InChI is InChI=1S/C81H128N24O20S2/c1-6-42(3)62-76(122)100-57(37-61(108)109)72(118)96-53(22-15-33-90-80(85)86)69(115)105-63(43(4)7-2)77(123)103-60(75(121)99-56(36-46-19-12-9-13-20-46)71(117)97-54(78(124)125)23-16-34-91-81(87)88)41-127-126-40-59(102-73(119)58(39-107)101-67(113)51(82)38-106)74(120)92-44(5)64(110)98-55(35-45-17-10-8-11-18-45)70(116)94-50-30-24-47(25-31-50)65(111)93-49-28-26-48(27-29-49)66(112)95-52(68(114)104-62)21-14-32-89-79(83)84/h8-13,17-20,42-44,47-60,62-63,106-107H,6-7,14-16,21-41,82H2,1-5H3,(H,92,120)(H,93,111)(H,94,116)(H,95,112)(H,96,118)(H,97,117)(H,98,110)(H,99,121)(H,100,122)(H,101,113)(H,102,119)(H,103,123)(H,104,114)(H,105,115)(H,108,109)(H,124,125)(H4,83,84,89)(H4,85,86,90)(H4,87,88,91)/t42-,43-,44-,47?,48?,49?,50?,51-,52+,53-,54+,55+,56+,57+,58-,59+,60+,62-,63+/m0/s1. The van der Waals surface area contributed by atoms with E-state index in [9.17, 15) is 82.8 Å². The molecule has 704 valence electrons. The molecule has 127 heavy (non-hydrogen) atoms. The van der Waals surface area contributed by atoms with Crippen LogP contribution in [0.4, 0.5) is 0 Å². The van der Waals surface area contributed by atoms with Gasteiger partial charge in [0.25, 0.3) is 0 Å². The lowest BCUT2D eigenvalue weighted by atomic mass is 9.83. The molecule has 2 aliphatic carbocycles. The van der Waals surface area contributed by atoms with Gasteiger partial charge in [0.15, 0.2) is 17.9 Å². The van der Waals surface area contributed by atoms with Gasteiger partial charge in [0.05, 0.1) is 19.6 Å². The van der Waals surface area contributed by atoms with Gasteiger partial charge < -0.3 is 135 Å². The van der Waals surface area contributed by atoms with E-state index in [4.69, 9.17) is 40.1 Å². The van der Waals surface area contributed by atoms with E-state index < -0.39 is 228 Å². The smallest absolute Gasteiger partial charge is 0.326 e. The van der Waals surface area contributed by atoms with Crippen molar-refractivity contribution < 1.29 is 97.1 Å². The zero-order valence-electron chi connectivity index (χ0n) is 72.1. The van der Waals surface area contributed by atoms with Crippen LogP contribution in [0, 0.1) is 23.7 Å². The van der Waals surface area contributed by atoms with Crippen LogP contribution in [0.5, 0.6) is 0 Å². The van der Waals surface area contributed by atoms with Crippen molar-refractivity contribution in [1.82, 2.24) is 74.4 Å². The Labute approximate surface area is 744 Å². The normalized spacial score (nSPS) is 24.7. The third-order valence-electron chi connectivity index (χ3n) is 22.0. The fourth-order valence-electron chi connectivity index (χ4n) is 14.1. The van der Waals surface area contributed by atoms with Crippen molar-refractivity contribution in [3.05, 3.63) is 71.8 Å². The van der Waals surface area contributed by atoms with E-state index in [0.29, 0.717) is 62.5 Å². The van der Waals surface area contributed by atoms with Crippen LogP contribution in [0.3, 0.4) is 0 Å². The highest BCUT2D eigenvalue weighted by atomic mass is 33.1. The van der Waals surface area contributed by atoms with Crippen LogP contribution in [0.1, 0.15) is 155 Å². The minimum atomic E-state index is -1.99. The average Bonchev–Trinajstić information content (AvgIpc) is 0.858. The predicted octanol–water partition coefficient (Wildman–Crippen LogP) is -5.82. The number of carboxylic acid groups (broad SMARTS) is 2. The number of hydrogen-bond acceptors (Lipinski definition) is 24. The van der Waals surface area contributed by atoms with Gasteiger partial charge in [0, 0.05) is 67.9 Å². The van der Waals surface area contributed by atoms with Crippen molar-refractivity contribution in [2.45, 2.75) is 247 Å². The Morgan fingerprint density at radius 1 is 0.465 bits per heavy atom. The number of aliphatic hydroxyl groups excluding tert-OH is 2. The summed E-state index contributed by atoms with van der Waals surface area (Å²) in [5.74, 6) is -20.7. The van der Waals surface area contributed by atoms with E-state index in [0.717, 1.165) is 21.6 Å².